The van der Waals surface area contributed by atoms with Crippen LogP contribution in [-0.4, -0.2) is 23.5 Å². The van der Waals surface area contributed by atoms with Crippen molar-refractivity contribution in [2.45, 2.75) is 26.7 Å². The lowest BCUT2D eigenvalue weighted by molar-refractivity contribution is -0.143. The number of carboxylic acid groups (broad SMARTS) is 1. The molecule has 0 spiro atoms. The molecule has 0 heterocycles. The van der Waals surface area contributed by atoms with Crippen molar-refractivity contribution in [1.82, 2.24) is 0 Å². The molecule has 0 fully saturated rings. The second-order valence-electron chi connectivity index (χ2n) is 4.12. The first-order valence-corrected chi connectivity index (χ1v) is 6.18. The fraction of sp³-hybridized carbons (Fsp3) is 0.429. The van der Waals surface area contributed by atoms with Gasteiger partial charge < -0.3 is 10.0 Å². The van der Waals surface area contributed by atoms with Crippen molar-refractivity contribution >= 4 is 17.6 Å². The maximum atomic E-state index is 12.1. The Kier molecular flexibility index (Phi) is 5.36. The van der Waals surface area contributed by atoms with E-state index in [0.29, 0.717) is 13.0 Å². The van der Waals surface area contributed by atoms with Crippen LogP contribution in [0.3, 0.4) is 0 Å². The van der Waals surface area contributed by atoms with E-state index in [9.17, 15) is 9.59 Å². The average molecular weight is 249 g/mol. The molecule has 0 aromatic heterocycles. The Morgan fingerprint density at radius 2 is 1.83 bits per heavy atom. The van der Waals surface area contributed by atoms with Crippen LogP contribution in [0.1, 0.15) is 26.7 Å². The highest BCUT2D eigenvalue weighted by molar-refractivity contribution is 5.95. The van der Waals surface area contributed by atoms with E-state index in [2.05, 4.69) is 0 Å². The summed E-state index contributed by atoms with van der Waals surface area (Å²) in [6, 6.07) is 9.31. The van der Waals surface area contributed by atoms with Crippen molar-refractivity contribution in [3.63, 3.8) is 0 Å². The molecule has 4 heteroatoms. The zero-order valence-corrected chi connectivity index (χ0v) is 10.8. The zero-order valence-electron chi connectivity index (χ0n) is 10.8. The SMILES string of the molecule is CCC(CC(=O)N(CC)c1ccccc1)C(=O)O. The quantitative estimate of drug-likeness (QED) is 0.842. The van der Waals surface area contributed by atoms with E-state index in [1.807, 2.05) is 37.3 Å². The maximum absolute atomic E-state index is 12.1. The van der Waals surface area contributed by atoms with Crippen molar-refractivity contribution in [3.05, 3.63) is 30.3 Å². The van der Waals surface area contributed by atoms with Gasteiger partial charge in [-0.2, -0.15) is 0 Å². The van der Waals surface area contributed by atoms with Crippen LogP contribution in [0, 0.1) is 5.92 Å². The summed E-state index contributed by atoms with van der Waals surface area (Å²) in [5.74, 6) is -1.65. The van der Waals surface area contributed by atoms with Gasteiger partial charge in [0.15, 0.2) is 0 Å². The molecule has 18 heavy (non-hydrogen) atoms. The summed E-state index contributed by atoms with van der Waals surface area (Å²) in [6.07, 6.45) is 0.516. The van der Waals surface area contributed by atoms with Gasteiger partial charge in [0.05, 0.1) is 5.92 Å². The van der Waals surface area contributed by atoms with E-state index in [-0.39, 0.29) is 12.3 Å². The molecule has 0 aliphatic carbocycles. The van der Waals surface area contributed by atoms with Crippen molar-refractivity contribution in [1.29, 1.82) is 0 Å². The Morgan fingerprint density at radius 3 is 2.28 bits per heavy atom. The predicted octanol–water partition coefficient (Wildman–Crippen LogP) is 2.54. The van der Waals surface area contributed by atoms with Crippen LogP contribution >= 0.6 is 0 Å². The maximum Gasteiger partial charge on any atom is 0.307 e. The summed E-state index contributed by atoms with van der Waals surface area (Å²) in [6.45, 7) is 4.20. The number of carbonyl (C=O) groups is 2. The Bertz CT molecular complexity index is 403. The summed E-state index contributed by atoms with van der Waals surface area (Å²) in [5.41, 5.74) is 0.810. The molecule has 1 unspecified atom stereocenters. The van der Waals surface area contributed by atoms with Crippen LogP contribution < -0.4 is 4.90 Å². The fourth-order valence-corrected chi connectivity index (χ4v) is 1.84. The molecular weight excluding hydrogens is 230 g/mol. The van der Waals surface area contributed by atoms with Crippen LogP contribution in [0.2, 0.25) is 0 Å². The first-order valence-electron chi connectivity index (χ1n) is 6.18. The van der Waals surface area contributed by atoms with E-state index < -0.39 is 11.9 Å². The molecule has 0 aliphatic rings. The first-order chi connectivity index (χ1) is 8.60. The van der Waals surface area contributed by atoms with Gasteiger partial charge >= 0.3 is 5.97 Å². The van der Waals surface area contributed by atoms with Gasteiger partial charge in [0, 0.05) is 18.7 Å². The highest BCUT2D eigenvalue weighted by Crippen LogP contribution is 2.17. The van der Waals surface area contributed by atoms with Crippen LogP contribution in [0.4, 0.5) is 5.69 Å². The standard InChI is InChI=1S/C14H19NO3/c1-3-11(14(17)18)10-13(16)15(4-2)12-8-6-5-7-9-12/h5-9,11H,3-4,10H2,1-2H3,(H,17,18). The van der Waals surface area contributed by atoms with Gasteiger partial charge in [-0.05, 0) is 25.5 Å². The lowest BCUT2D eigenvalue weighted by atomic mass is 10.0. The predicted molar refractivity (Wildman–Crippen MR) is 70.5 cm³/mol. The van der Waals surface area contributed by atoms with E-state index in [1.54, 1.807) is 11.8 Å². The summed E-state index contributed by atoms with van der Waals surface area (Å²) in [5, 5.41) is 8.98. The molecule has 0 saturated heterocycles. The van der Waals surface area contributed by atoms with Crippen LogP contribution in [0.15, 0.2) is 30.3 Å². The first kappa shape index (κ1) is 14.2. The number of hydrogen-bond donors (Lipinski definition) is 1. The second kappa shape index (κ2) is 6.79. The molecule has 98 valence electrons. The van der Waals surface area contributed by atoms with Gasteiger partial charge in [-0.25, -0.2) is 0 Å². The van der Waals surface area contributed by atoms with Crippen molar-refractivity contribution in [2.75, 3.05) is 11.4 Å². The minimum Gasteiger partial charge on any atom is -0.481 e. The number of aliphatic carboxylic acids is 1. The molecule has 0 bridgehead atoms. The highest BCUT2D eigenvalue weighted by Gasteiger charge is 2.22. The third-order valence-electron chi connectivity index (χ3n) is 2.95. The van der Waals surface area contributed by atoms with Gasteiger partial charge in [0.25, 0.3) is 0 Å². The third kappa shape index (κ3) is 3.58. The van der Waals surface area contributed by atoms with Gasteiger partial charge in [-0.15, -0.1) is 0 Å². The third-order valence-corrected chi connectivity index (χ3v) is 2.95. The van der Waals surface area contributed by atoms with E-state index in [4.69, 9.17) is 5.11 Å². The number of carboxylic acids is 1. The highest BCUT2D eigenvalue weighted by atomic mass is 16.4. The number of anilines is 1. The van der Waals surface area contributed by atoms with E-state index in [0.717, 1.165) is 5.69 Å². The van der Waals surface area contributed by atoms with Crippen LogP contribution in [0.5, 0.6) is 0 Å². The van der Waals surface area contributed by atoms with Crippen molar-refractivity contribution < 1.29 is 14.7 Å². The van der Waals surface area contributed by atoms with Crippen LogP contribution in [-0.2, 0) is 9.59 Å². The number of amides is 1. The van der Waals surface area contributed by atoms with Crippen molar-refractivity contribution in [2.24, 2.45) is 5.92 Å². The van der Waals surface area contributed by atoms with E-state index >= 15 is 0 Å². The number of rotatable bonds is 6. The summed E-state index contributed by atoms with van der Waals surface area (Å²) < 4.78 is 0. The number of carbonyl (C=O) groups excluding carboxylic acids is 1. The molecule has 1 aromatic carbocycles. The molecule has 1 N–H and O–H groups in total. The molecule has 1 amide bonds. The molecule has 1 atom stereocenters. The topological polar surface area (TPSA) is 57.6 Å². The minimum absolute atomic E-state index is 0.0502. The van der Waals surface area contributed by atoms with Gasteiger partial charge in [-0.3, -0.25) is 9.59 Å². The van der Waals surface area contributed by atoms with E-state index in [1.165, 1.54) is 0 Å². The largest absolute Gasteiger partial charge is 0.481 e. The normalized spacial score (nSPS) is 11.9. The Hall–Kier alpha value is -1.84. The van der Waals surface area contributed by atoms with Crippen LogP contribution in [0.25, 0.3) is 0 Å². The Morgan fingerprint density at radius 1 is 1.22 bits per heavy atom. The summed E-state index contributed by atoms with van der Waals surface area (Å²) in [7, 11) is 0. The number of benzene rings is 1. The molecule has 0 saturated carbocycles. The Balaban J connectivity index is 2.78. The van der Waals surface area contributed by atoms with Crippen molar-refractivity contribution in [3.8, 4) is 0 Å². The fourth-order valence-electron chi connectivity index (χ4n) is 1.84. The van der Waals surface area contributed by atoms with Gasteiger partial charge in [0.2, 0.25) is 5.91 Å². The second-order valence-corrected chi connectivity index (χ2v) is 4.12. The average Bonchev–Trinajstić information content (AvgIpc) is 2.37. The lowest BCUT2D eigenvalue weighted by Crippen LogP contribution is -2.33. The number of nitrogens with zero attached hydrogens (tertiary/aromatic N) is 1. The lowest BCUT2D eigenvalue weighted by Gasteiger charge is -2.22. The number of para-hydroxylation sites is 1. The zero-order chi connectivity index (χ0) is 13.5. The van der Waals surface area contributed by atoms with Gasteiger partial charge in [0.1, 0.15) is 0 Å². The molecule has 0 aliphatic heterocycles. The minimum atomic E-state index is -0.907. The molecule has 0 radical (unpaired) electrons. The smallest absolute Gasteiger partial charge is 0.307 e. The summed E-state index contributed by atoms with van der Waals surface area (Å²) in [4.78, 5) is 24.7. The van der Waals surface area contributed by atoms with Gasteiger partial charge in [-0.1, -0.05) is 25.1 Å². The summed E-state index contributed by atoms with van der Waals surface area (Å²) >= 11 is 0. The number of hydrogen-bond acceptors (Lipinski definition) is 2. The Labute approximate surface area is 107 Å². The molecule has 1 aromatic rings. The molecular formula is C14H19NO3. The molecule has 1 rings (SSSR count). The monoisotopic (exact) mass is 249 g/mol. The molecule has 4 nitrogen and oxygen atoms in total.